The summed E-state index contributed by atoms with van der Waals surface area (Å²) in [7, 11) is 0. The zero-order chi connectivity index (χ0) is 21.5. The highest BCUT2D eigenvalue weighted by atomic mass is 32.1. The van der Waals surface area contributed by atoms with Gasteiger partial charge in [0.2, 0.25) is 0 Å². The van der Waals surface area contributed by atoms with E-state index in [1.807, 2.05) is 24.5 Å². The molecular weight excluding hydrogens is 402 g/mol. The van der Waals surface area contributed by atoms with Gasteiger partial charge < -0.3 is 14.8 Å². The second-order valence-electron chi connectivity index (χ2n) is 8.78. The van der Waals surface area contributed by atoms with Crippen molar-refractivity contribution in [3.8, 4) is 5.82 Å². The lowest BCUT2D eigenvalue weighted by molar-refractivity contribution is 0.245. The molecule has 1 aliphatic heterocycles. The molecule has 6 heteroatoms. The Balaban J connectivity index is 1.65. The molecule has 1 saturated carbocycles. The minimum atomic E-state index is 0.0353. The van der Waals surface area contributed by atoms with Crippen molar-refractivity contribution < 1.29 is 0 Å². The van der Waals surface area contributed by atoms with Crippen molar-refractivity contribution in [3.05, 3.63) is 77.0 Å². The maximum absolute atomic E-state index is 5.90. The number of pyridine rings is 2. The first kappa shape index (κ1) is 20.2. The van der Waals surface area contributed by atoms with Crippen molar-refractivity contribution in [2.45, 2.75) is 64.6 Å². The quantitative estimate of drug-likeness (QED) is 0.582. The Labute approximate surface area is 189 Å². The lowest BCUT2D eigenvalue weighted by Gasteiger charge is -2.33. The molecule has 31 heavy (non-hydrogen) atoms. The highest BCUT2D eigenvalue weighted by molar-refractivity contribution is 7.80. The smallest absolute Gasteiger partial charge is 0.170 e. The Morgan fingerprint density at radius 3 is 2.48 bits per heavy atom. The number of nitrogens with zero attached hydrogens (tertiary/aromatic N) is 4. The van der Waals surface area contributed by atoms with E-state index in [2.05, 4.69) is 59.8 Å². The monoisotopic (exact) mass is 431 g/mol. The Morgan fingerprint density at radius 1 is 1.00 bits per heavy atom. The van der Waals surface area contributed by atoms with Gasteiger partial charge in [0.15, 0.2) is 5.11 Å². The third-order valence-electron chi connectivity index (χ3n) is 6.84. The summed E-state index contributed by atoms with van der Waals surface area (Å²) in [6, 6.07) is 13.2. The van der Waals surface area contributed by atoms with E-state index in [0.717, 1.165) is 16.6 Å². The average Bonchev–Trinajstić information content (AvgIpc) is 3.47. The summed E-state index contributed by atoms with van der Waals surface area (Å²) in [6.45, 7) is 6.50. The van der Waals surface area contributed by atoms with E-state index in [1.165, 1.54) is 48.2 Å². The van der Waals surface area contributed by atoms with Crippen LogP contribution in [-0.2, 0) is 0 Å². The van der Waals surface area contributed by atoms with Gasteiger partial charge in [-0.05, 0) is 81.2 Å². The van der Waals surface area contributed by atoms with Crippen molar-refractivity contribution >= 4 is 17.3 Å². The number of hydrogen-bond acceptors (Lipinski definition) is 3. The van der Waals surface area contributed by atoms with Crippen LogP contribution in [0.3, 0.4) is 0 Å². The number of nitrogens with one attached hydrogen (secondary N) is 1. The van der Waals surface area contributed by atoms with Crippen molar-refractivity contribution in [2.24, 2.45) is 0 Å². The molecule has 1 aliphatic carbocycles. The SMILES string of the molecule is Cc1cccnc1-n1c(C)cc([C@@H]2[C@H](c3ccccn3)NC(=S)N2C2CCCC2)c1C. The van der Waals surface area contributed by atoms with E-state index in [-0.39, 0.29) is 12.1 Å². The molecule has 0 unspecified atom stereocenters. The molecular formula is C25H29N5S. The van der Waals surface area contributed by atoms with Crippen LogP contribution in [-0.4, -0.2) is 30.6 Å². The predicted octanol–water partition coefficient (Wildman–Crippen LogP) is 5.11. The van der Waals surface area contributed by atoms with Gasteiger partial charge in [0, 0.05) is 29.8 Å². The largest absolute Gasteiger partial charge is 0.352 e. The number of hydrogen-bond donors (Lipinski definition) is 1. The number of aromatic nitrogens is 3. The first-order chi connectivity index (χ1) is 15.1. The van der Waals surface area contributed by atoms with Crippen LogP contribution >= 0.6 is 12.2 Å². The first-order valence-corrected chi connectivity index (χ1v) is 11.6. The van der Waals surface area contributed by atoms with Crippen LogP contribution in [0.25, 0.3) is 5.82 Å². The van der Waals surface area contributed by atoms with Gasteiger partial charge in [0.05, 0.1) is 17.8 Å². The summed E-state index contributed by atoms with van der Waals surface area (Å²) in [6.07, 6.45) is 8.69. The Kier molecular flexibility index (Phi) is 5.26. The van der Waals surface area contributed by atoms with Gasteiger partial charge in [0.1, 0.15) is 5.82 Å². The van der Waals surface area contributed by atoms with Gasteiger partial charge in [-0.1, -0.05) is 25.0 Å². The molecule has 2 aliphatic rings. The molecule has 1 saturated heterocycles. The number of thiocarbonyl (C=S) groups is 1. The van der Waals surface area contributed by atoms with Crippen LogP contribution in [0.5, 0.6) is 0 Å². The molecule has 0 spiro atoms. The number of aryl methyl sites for hydroxylation is 2. The van der Waals surface area contributed by atoms with Crippen molar-refractivity contribution in [1.82, 2.24) is 24.8 Å². The summed E-state index contributed by atoms with van der Waals surface area (Å²) in [5.41, 5.74) is 5.93. The summed E-state index contributed by atoms with van der Waals surface area (Å²) >= 11 is 5.90. The summed E-state index contributed by atoms with van der Waals surface area (Å²) < 4.78 is 2.29. The fourth-order valence-corrected chi connectivity index (χ4v) is 5.79. The van der Waals surface area contributed by atoms with Gasteiger partial charge in [-0.25, -0.2) is 4.98 Å². The maximum Gasteiger partial charge on any atom is 0.170 e. The lowest BCUT2D eigenvalue weighted by Crippen LogP contribution is -2.37. The van der Waals surface area contributed by atoms with Crippen LogP contribution in [0.15, 0.2) is 48.8 Å². The standard InChI is InChI=1S/C25H29N5S/c1-16-9-8-14-27-24(16)29-17(2)15-20(18(29)3)23-22(21-12-6-7-13-26-21)28-25(31)30(23)19-10-4-5-11-19/h6-9,12-15,19,22-23H,4-5,10-11H2,1-3H3,(H,28,31)/t22-,23+/m0/s1. The average molecular weight is 432 g/mol. The molecule has 3 aromatic heterocycles. The molecule has 160 valence electrons. The van der Waals surface area contributed by atoms with Crippen LogP contribution < -0.4 is 5.32 Å². The molecule has 2 atom stereocenters. The van der Waals surface area contributed by atoms with E-state index in [4.69, 9.17) is 22.2 Å². The molecule has 3 aromatic rings. The number of rotatable bonds is 4. The fourth-order valence-electron chi connectivity index (χ4n) is 5.40. The van der Waals surface area contributed by atoms with E-state index in [1.54, 1.807) is 0 Å². The predicted molar refractivity (Wildman–Crippen MR) is 127 cm³/mol. The van der Waals surface area contributed by atoms with E-state index in [0.29, 0.717) is 6.04 Å². The topological polar surface area (TPSA) is 46.0 Å². The lowest BCUT2D eigenvalue weighted by atomic mass is 9.95. The molecule has 5 nitrogen and oxygen atoms in total. The third kappa shape index (κ3) is 3.43. The van der Waals surface area contributed by atoms with E-state index >= 15 is 0 Å². The molecule has 5 rings (SSSR count). The normalized spacial score (nSPS) is 21.6. The Morgan fingerprint density at radius 2 is 1.77 bits per heavy atom. The molecule has 0 bridgehead atoms. The highest BCUT2D eigenvalue weighted by Crippen LogP contribution is 2.44. The molecule has 1 N–H and O–H groups in total. The maximum atomic E-state index is 5.90. The second kappa shape index (κ2) is 8.08. The minimum absolute atomic E-state index is 0.0353. The van der Waals surface area contributed by atoms with Gasteiger partial charge in [-0.15, -0.1) is 0 Å². The summed E-state index contributed by atoms with van der Waals surface area (Å²) in [5, 5.41) is 4.48. The zero-order valence-electron chi connectivity index (χ0n) is 18.4. The second-order valence-corrected chi connectivity index (χ2v) is 9.16. The molecule has 0 amide bonds. The highest BCUT2D eigenvalue weighted by Gasteiger charge is 2.44. The Bertz CT molecular complexity index is 1100. The fraction of sp³-hybridized carbons (Fsp3) is 0.400. The summed E-state index contributed by atoms with van der Waals surface area (Å²) in [4.78, 5) is 11.9. The minimum Gasteiger partial charge on any atom is -0.352 e. The molecule has 0 aromatic carbocycles. The Hall–Kier alpha value is -2.73. The van der Waals surface area contributed by atoms with Crippen LogP contribution in [0.2, 0.25) is 0 Å². The van der Waals surface area contributed by atoms with Crippen molar-refractivity contribution in [1.29, 1.82) is 0 Å². The zero-order valence-corrected chi connectivity index (χ0v) is 19.2. The summed E-state index contributed by atoms with van der Waals surface area (Å²) in [5.74, 6) is 0.999. The molecule has 2 fully saturated rings. The van der Waals surface area contributed by atoms with Crippen molar-refractivity contribution in [2.75, 3.05) is 0 Å². The van der Waals surface area contributed by atoms with Crippen LogP contribution in [0.1, 0.15) is 66.0 Å². The van der Waals surface area contributed by atoms with Crippen molar-refractivity contribution in [3.63, 3.8) is 0 Å². The van der Waals surface area contributed by atoms with Crippen LogP contribution in [0, 0.1) is 20.8 Å². The first-order valence-electron chi connectivity index (χ1n) is 11.2. The molecule has 0 radical (unpaired) electrons. The van der Waals surface area contributed by atoms with Gasteiger partial charge in [-0.3, -0.25) is 4.98 Å². The van der Waals surface area contributed by atoms with Gasteiger partial charge in [0.25, 0.3) is 0 Å². The van der Waals surface area contributed by atoms with Crippen LogP contribution in [0.4, 0.5) is 0 Å². The van der Waals surface area contributed by atoms with E-state index in [9.17, 15) is 0 Å². The van der Waals surface area contributed by atoms with Gasteiger partial charge in [-0.2, -0.15) is 0 Å². The third-order valence-corrected chi connectivity index (χ3v) is 7.16. The van der Waals surface area contributed by atoms with Gasteiger partial charge >= 0.3 is 0 Å². The van der Waals surface area contributed by atoms with E-state index < -0.39 is 0 Å². The molecule has 4 heterocycles.